The topological polar surface area (TPSA) is 84.5 Å². The van der Waals surface area contributed by atoms with Crippen LogP contribution < -0.4 is 10.6 Å². The fourth-order valence-corrected chi connectivity index (χ4v) is 2.99. The van der Waals surface area contributed by atoms with Crippen molar-refractivity contribution in [3.05, 3.63) is 70.7 Å². The van der Waals surface area contributed by atoms with E-state index in [1.165, 1.54) is 6.92 Å². The predicted octanol–water partition coefficient (Wildman–Crippen LogP) is 3.66. The highest BCUT2D eigenvalue weighted by Crippen LogP contribution is 2.18. The number of esters is 1. The molecule has 2 aromatic rings. The van der Waals surface area contributed by atoms with Crippen molar-refractivity contribution < 1.29 is 19.1 Å². The number of halogens is 1. The van der Waals surface area contributed by atoms with Crippen LogP contribution in [0.25, 0.3) is 0 Å². The van der Waals surface area contributed by atoms with E-state index in [-0.39, 0.29) is 16.6 Å². The molecule has 0 aromatic heterocycles. The van der Waals surface area contributed by atoms with E-state index in [2.05, 4.69) is 10.6 Å². The SMILES string of the molecule is CCCC(NC(=O)COC(=O)C(C)NC(=O)c1ccccc1Cl)c1ccccc1. The van der Waals surface area contributed by atoms with Gasteiger partial charge in [-0.1, -0.05) is 67.4 Å². The molecule has 2 unspecified atom stereocenters. The molecule has 6 nitrogen and oxygen atoms in total. The Kier molecular flexibility index (Phi) is 8.68. The minimum absolute atomic E-state index is 0.148. The smallest absolute Gasteiger partial charge is 0.328 e. The third-order valence-electron chi connectivity index (χ3n) is 4.28. The van der Waals surface area contributed by atoms with Crippen LogP contribution >= 0.6 is 11.6 Å². The molecule has 0 aliphatic heterocycles. The summed E-state index contributed by atoms with van der Waals surface area (Å²) >= 11 is 5.98. The zero-order chi connectivity index (χ0) is 21.2. The predicted molar refractivity (Wildman–Crippen MR) is 112 cm³/mol. The standard InChI is InChI=1S/C22H25ClN2O4/c1-3-9-19(16-10-5-4-6-11-16)25-20(26)14-29-22(28)15(2)24-21(27)17-12-7-8-13-18(17)23/h4-8,10-13,15,19H,3,9,14H2,1-2H3,(H,24,27)(H,25,26). The van der Waals surface area contributed by atoms with Gasteiger partial charge in [0.15, 0.2) is 6.61 Å². The maximum atomic E-state index is 12.2. The lowest BCUT2D eigenvalue weighted by Gasteiger charge is -2.19. The van der Waals surface area contributed by atoms with Crippen molar-refractivity contribution in [3.63, 3.8) is 0 Å². The van der Waals surface area contributed by atoms with Crippen molar-refractivity contribution in [1.82, 2.24) is 10.6 Å². The summed E-state index contributed by atoms with van der Waals surface area (Å²) in [5.74, 6) is -1.59. The number of carbonyl (C=O) groups is 3. The third-order valence-corrected chi connectivity index (χ3v) is 4.61. The van der Waals surface area contributed by atoms with E-state index >= 15 is 0 Å². The van der Waals surface area contributed by atoms with E-state index in [4.69, 9.17) is 16.3 Å². The van der Waals surface area contributed by atoms with Crippen molar-refractivity contribution in [3.8, 4) is 0 Å². The molecule has 154 valence electrons. The van der Waals surface area contributed by atoms with Crippen LogP contribution in [0.3, 0.4) is 0 Å². The van der Waals surface area contributed by atoms with Gasteiger partial charge in [0.2, 0.25) is 0 Å². The van der Waals surface area contributed by atoms with Gasteiger partial charge < -0.3 is 15.4 Å². The number of ether oxygens (including phenoxy) is 1. The molecule has 0 aliphatic carbocycles. The largest absolute Gasteiger partial charge is 0.454 e. The Labute approximate surface area is 175 Å². The van der Waals surface area contributed by atoms with Gasteiger partial charge in [-0.2, -0.15) is 0 Å². The molecule has 2 N–H and O–H groups in total. The Morgan fingerprint density at radius 2 is 1.66 bits per heavy atom. The van der Waals surface area contributed by atoms with Crippen molar-refractivity contribution in [2.75, 3.05) is 6.61 Å². The van der Waals surface area contributed by atoms with E-state index in [9.17, 15) is 14.4 Å². The van der Waals surface area contributed by atoms with Gasteiger partial charge in [0.05, 0.1) is 16.6 Å². The summed E-state index contributed by atoms with van der Waals surface area (Å²) in [4.78, 5) is 36.6. The maximum Gasteiger partial charge on any atom is 0.328 e. The van der Waals surface area contributed by atoms with Crippen molar-refractivity contribution in [1.29, 1.82) is 0 Å². The third kappa shape index (κ3) is 6.91. The van der Waals surface area contributed by atoms with Crippen molar-refractivity contribution >= 4 is 29.4 Å². The first-order valence-corrected chi connectivity index (χ1v) is 9.86. The lowest BCUT2D eigenvalue weighted by atomic mass is 10.0. The average Bonchev–Trinajstić information content (AvgIpc) is 2.72. The second-order valence-corrected chi connectivity index (χ2v) is 7.01. The molecule has 2 rings (SSSR count). The van der Waals surface area contributed by atoms with Gasteiger partial charge in [0.1, 0.15) is 6.04 Å². The first-order valence-electron chi connectivity index (χ1n) is 9.48. The lowest BCUT2D eigenvalue weighted by molar-refractivity contribution is -0.150. The molecule has 7 heteroatoms. The highest BCUT2D eigenvalue weighted by Gasteiger charge is 2.21. The number of benzene rings is 2. The molecule has 2 atom stereocenters. The summed E-state index contributed by atoms with van der Waals surface area (Å²) < 4.78 is 5.05. The molecule has 0 radical (unpaired) electrons. The zero-order valence-corrected chi connectivity index (χ0v) is 17.2. The van der Waals surface area contributed by atoms with Crippen LogP contribution in [0.1, 0.15) is 48.7 Å². The molecule has 0 spiro atoms. The van der Waals surface area contributed by atoms with Crippen molar-refractivity contribution in [2.24, 2.45) is 0 Å². The molecule has 2 aromatic carbocycles. The summed E-state index contributed by atoms with van der Waals surface area (Å²) in [5, 5.41) is 5.68. The first-order chi connectivity index (χ1) is 13.9. The van der Waals surface area contributed by atoms with E-state index in [1.807, 2.05) is 37.3 Å². The number of hydrogen-bond donors (Lipinski definition) is 2. The van der Waals surface area contributed by atoms with Crippen LogP contribution in [0.2, 0.25) is 5.02 Å². The van der Waals surface area contributed by atoms with Crippen LogP contribution in [0.15, 0.2) is 54.6 Å². The molecule has 0 aliphatic rings. The molecular weight excluding hydrogens is 392 g/mol. The summed E-state index contributed by atoms with van der Waals surface area (Å²) in [5.41, 5.74) is 1.26. The second-order valence-electron chi connectivity index (χ2n) is 6.60. The Hall–Kier alpha value is -2.86. The Balaban J connectivity index is 1.84. The Morgan fingerprint density at radius 3 is 2.31 bits per heavy atom. The fraction of sp³-hybridized carbons (Fsp3) is 0.318. The van der Waals surface area contributed by atoms with Gasteiger partial charge in [-0.05, 0) is 31.0 Å². The summed E-state index contributed by atoms with van der Waals surface area (Å²) in [6.45, 7) is 3.10. The second kappa shape index (κ2) is 11.2. The zero-order valence-electron chi connectivity index (χ0n) is 16.5. The monoisotopic (exact) mass is 416 g/mol. The number of nitrogens with one attached hydrogen (secondary N) is 2. The molecule has 2 amide bonds. The molecule has 0 heterocycles. The minimum Gasteiger partial charge on any atom is -0.454 e. The highest BCUT2D eigenvalue weighted by molar-refractivity contribution is 6.33. The van der Waals surface area contributed by atoms with Crippen LogP contribution in [0.4, 0.5) is 0 Å². The summed E-state index contributed by atoms with van der Waals surface area (Å²) in [6.07, 6.45) is 1.67. The van der Waals surface area contributed by atoms with Gasteiger partial charge in [0.25, 0.3) is 11.8 Å². The van der Waals surface area contributed by atoms with E-state index < -0.39 is 30.4 Å². The Bertz CT molecular complexity index is 842. The Morgan fingerprint density at radius 1 is 1.00 bits per heavy atom. The van der Waals surface area contributed by atoms with Crippen LogP contribution in [0.5, 0.6) is 0 Å². The van der Waals surface area contributed by atoms with Gasteiger partial charge >= 0.3 is 5.97 Å². The quantitative estimate of drug-likeness (QED) is 0.611. The van der Waals surface area contributed by atoms with E-state index in [0.29, 0.717) is 0 Å². The van der Waals surface area contributed by atoms with E-state index in [0.717, 1.165) is 18.4 Å². The number of carbonyl (C=O) groups excluding carboxylic acids is 3. The number of hydrogen-bond acceptors (Lipinski definition) is 4. The lowest BCUT2D eigenvalue weighted by Crippen LogP contribution is -2.41. The molecule has 0 fully saturated rings. The number of amides is 2. The molecular formula is C22H25ClN2O4. The van der Waals surface area contributed by atoms with Gasteiger partial charge in [-0.3, -0.25) is 9.59 Å². The first kappa shape index (κ1) is 22.4. The van der Waals surface area contributed by atoms with Gasteiger partial charge in [-0.25, -0.2) is 4.79 Å². The molecule has 0 saturated heterocycles. The highest BCUT2D eigenvalue weighted by atomic mass is 35.5. The summed E-state index contributed by atoms with van der Waals surface area (Å²) in [6, 6.07) is 15.1. The average molecular weight is 417 g/mol. The summed E-state index contributed by atoms with van der Waals surface area (Å²) in [7, 11) is 0. The van der Waals surface area contributed by atoms with Crippen molar-refractivity contribution in [2.45, 2.75) is 38.8 Å². The number of rotatable bonds is 9. The maximum absolute atomic E-state index is 12.2. The van der Waals surface area contributed by atoms with Crippen LogP contribution in [-0.4, -0.2) is 30.4 Å². The normalized spacial score (nSPS) is 12.5. The van der Waals surface area contributed by atoms with Gasteiger partial charge in [0, 0.05) is 0 Å². The molecule has 29 heavy (non-hydrogen) atoms. The molecule has 0 saturated carbocycles. The van der Waals surface area contributed by atoms with Gasteiger partial charge in [-0.15, -0.1) is 0 Å². The molecule has 0 bridgehead atoms. The minimum atomic E-state index is -0.924. The van der Waals surface area contributed by atoms with Crippen LogP contribution in [0, 0.1) is 0 Å². The van der Waals surface area contributed by atoms with Crippen LogP contribution in [-0.2, 0) is 14.3 Å². The van der Waals surface area contributed by atoms with E-state index in [1.54, 1.807) is 24.3 Å². The fourth-order valence-electron chi connectivity index (χ4n) is 2.77.